The van der Waals surface area contributed by atoms with Crippen LogP contribution in [-0.2, 0) is 19.1 Å². The maximum atomic E-state index is 11.2. The van der Waals surface area contributed by atoms with Crippen molar-refractivity contribution in [1.29, 1.82) is 0 Å². The van der Waals surface area contributed by atoms with Crippen molar-refractivity contribution in [3.63, 3.8) is 0 Å². The molecule has 0 fully saturated rings. The summed E-state index contributed by atoms with van der Waals surface area (Å²) in [4.78, 5) is 32.3. The molecule has 0 bridgehead atoms. The van der Waals surface area contributed by atoms with E-state index >= 15 is 0 Å². The van der Waals surface area contributed by atoms with Crippen molar-refractivity contribution in [3.05, 3.63) is 48.0 Å². The van der Waals surface area contributed by atoms with Crippen molar-refractivity contribution in [1.82, 2.24) is 0 Å². The fraction of sp³-hybridized carbons (Fsp3) is 0.0833. The Hall–Kier alpha value is -2.63. The van der Waals surface area contributed by atoms with Crippen molar-refractivity contribution >= 4 is 17.9 Å². The van der Waals surface area contributed by atoms with Crippen molar-refractivity contribution in [2.45, 2.75) is 6.10 Å². The van der Waals surface area contributed by atoms with Gasteiger partial charge in [0.1, 0.15) is 0 Å². The lowest BCUT2D eigenvalue weighted by molar-refractivity contribution is -0.161. The molecule has 18 heavy (non-hydrogen) atoms. The maximum absolute atomic E-state index is 11.2. The van der Waals surface area contributed by atoms with Crippen molar-refractivity contribution < 1.29 is 29.3 Å². The third-order valence-electron chi connectivity index (χ3n) is 1.92. The Bertz CT molecular complexity index is 477. The molecule has 6 heteroatoms. The third-order valence-corrected chi connectivity index (χ3v) is 1.92. The van der Waals surface area contributed by atoms with Crippen LogP contribution >= 0.6 is 0 Å². The fourth-order valence-electron chi connectivity index (χ4n) is 1.18. The van der Waals surface area contributed by atoms with E-state index in [4.69, 9.17) is 10.2 Å². The molecule has 0 aliphatic rings. The first-order valence-electron chi connectivity index (χ1n) is 4.90. The molecule has 1 aromatic rings. The number of hydrogen-bond acceptors (Lipinski definition) is 4. The van der Waals surface area contributed by atoms with Gasteiger partial charge in [0.2, 0.25) is 6.10 Å². The average Bonchev–Trinajstić information content (AvgIpc) is 2.34. The van der Waals surface area contributed by atoms with E-state index in [2.05, 4.69) is 4.74 Å². The normalized spacial score (nSPS) is 12.0. The Kier molecular flexibility index (Phi) is 4.62. The zero-order valence-corrected chi connectivity index (χ0v) is 9.15. The smallest absolute Gasteiger partial charge is 0.349 e. The van der Waals surface area contributed by atoms with E-state index < -0.39 is 24.0 Å². The lowest BCUT2D eigenvalue weighted by Gasteiger charge is -2.12. The van der Waals surface area contributed by atoms with E-state index in [-0.39, 0.29) is 0 Å². The van der Waals surface area contributed by atoms with Crippen LogP contribution in [0.15, 0.2) is 42.5 Å². The fourth-order valence-corrected chi connectivity index (χ4v) is 1.18. The van der Waals surface area contributed by atoms with E-state index in [1.54, 1.807) is 18.2 Å². The van der Waals surface area contributed by atoms with Crippen LogP contribution < -0.4 is 0 Å². The number of carboxylic acid groups (broad SMARTS) is 2. The van der Waals surface area contributed by atoms with Crippen LogP contribution in [0.5, 0.6) is 0 Å². The molecule has 1 rings (SSSR count). The average molecular weight is 250 g/mol. The lowest BCUT2D eigenvalue weighted by atomic mass is 10.1. The van der Waals surface area contributed by atoms with E-state index in [9.17, 15) is 14.4 Å². The van der Waals surface area contributed by atoms with Gasteiger partial charge >= 0.3 is 17.9 Å². The Morgan fingerprint density at radius 1 is 1.06 bits per heavy atom. The number of carbonyl (C=O) groups is 3. The predicted octanol–water partition coefficient (Wildman–Crippen LogP) is 0.996. The zero-order valence-electron chi connectivity index (χ0n) is 9.15. The number of ether oxygens (including phenoxy) is 1. The van der Waals surface area contributed by atoms with Gasteiger partial charge in [0.25, 0.3) is 0 Å². The van der Waals surface area contributed by atoms with Crippen molar-refractivity contribution in [2.24, 2.45) is 0 Å². The van der Waals surface area contributed by atoms with Gasteiger partial charge in [0.05, 0.1) is 0 Å². The third kappa shape index (κ3) is 4.09. The van der Waals surface area contributed by atoms with Gasteiger partial charge in [-0.3, -0.25) is 0 Å². The first kappa shape index (κ1) is 13.4. The number of esters is 1. The van der Waals surface area contributed by atoms with Crippen LogP contribution in [0.4, 0.5) is 0 Å². The molecule has 0 saturated carbocycles. The molecule has 1 unspecified atom stereocenters. The molecule has 6 nitrogen and oxygen atoms in total. The molecule has 0 aliphatic heterocycles. The molecule has 0 spiro atoms. The molecule has 94 valence electrons. The quantitative estimate of drug-likeness (QED) is 0.597. The maximum Gasteiger partial charge on any atom is 0.349 e. The Labute approximate surface area is 102 Å². The van der Waals surface area contributed by atoms with Gasteiger partial charge in [0.15, 0.2) is 0 Å². The number of benzene rings is 1. The molecule has 0 radical (unpaired) electrons. The van der Waals surface area contributed by atoms with E-state index in [1.807, 2.05) is 0 Å². The number of hydrogen-bond donors (Lipinski definition) is 2. The van der Waals surface area contributed by atoms with Crippen LogP contribution in [0.2, 0.25) is 0 Å². The summed E-state index contributed by atoms with van der Waals surface area (Å²) in [5, 5.41) is 17.2. The summed E-state index contributed by atoms with van der Waals surface area (Å²) < 4.78 is 4.66. The second-order valence-corrected chi connectivity index (χ2v) is 3.24. The van der Waals surface area contributed by atoms with E-state index in [0.717, 1.165) is 0 Å². The van der Waals surface area contributed by atoms with E-state index in [0.29, 0.717) is 17.7 Å². The van der Waals surface area contributed by atoms with Crippen LogP contribution in [0, 0.1) is 0 Å². The summed E-state index contributed by atoms with van der Waals surface area (Å²) in [6.07, 6.45) is -0.231. The topological polar surface area (TPSA) is 101 Å². The zero-order chi connectivity index (χ0) is 13.5. The van der Waals surface area contributed by atoms with Gasteiger partial charge in [-0.1, -0.05) is 30.3 Å². The minimum Gasteiger partial charge on any atom is -0.478 e. The summed E-state index contributed by atoms with van der Waals surface area (Å²) >= 11 is 0. The molecular weight excluding hydrogens is 240 g/mol. The minimum absolute atomic E-state index is 0.294. The molecule has 1 aromatic carbocycles. The molecule has 2 N–H and O–H groups in total. The van der Waals surface area contributed by atoms with Crippen molar-refractivity contribution in [2.75, 3.05) is 0 Å². The first-order chi connectivity index (χ1) is 8.50. The summed E-state index contributed by atoms with van der Waals surface area (Å²) in [5.41, 5.74) is 0.294. The number of aliphatic carboxylic acids is 2. The van der Waals surface area contributed by atoms with Crippen molar-refractivity contribution in [3.8, 4) is 0 Å². The summed E-state index contributed by atoms with van der Waals surface area (Å²) in [6, 6.07) is 7.88. The molecule has 0 aliphatic carbocycles. The van der Waals surface area contributed by atoms with Crippen LogP contribution in [0.3, 0.4) is 0 Å². The highest BCUT2D eigenvalue weighted by molar-refractivity contribution is 5.92. The minimum atomic E-state index is -1.46. The molecule has 1 atom stereocenters. The largest absolute Gasteiger partial charge is 0.478 e. The highest BCUT2D eigenvalue weighted by Gasteiger charge is 2.23. The Balaban J connectivity index is 2.80. The van der Waals surface area contributed by atoms with Gasteiger partial charge < -0.3 is 14.9 Å². The lowest BCUT2D eigenvalue weighted by Crippen LogP contribution is -2.18. The Morgan fingerprint density at radius 2 is 1.67 bits per heavy atom. The van der Waals surface area contributed by atoms with Crippen LogP contribution in [-0.4, -0.2) is 28.1 Å². The monoisotopic (exact) mass is 250 g/mol. The SMILES string of the molecule is O=C(O)/C=C\C(=O)OC(C(=O)O)c1ccccc1. The second kappa shape index (κ2) is 6.19. The highest BCUT2D eigenvalue weighted by Crippen LogP contribution is 2.17. The molecular formula is C12H10O6. The highest BCUT2D eigenvalue weighted by atomic mass is 16.6. The summed E-state index contributed by atoms with van der Waals surface area (Å²) in [7, 11) is 0. The van der Waals surface area contributed by atoms with Gasteiger partial charge in [0, 0.05) is 17.7 Å². The predicted molar refractivity (Wildman–Crippen MR) is 59.7 cm³/mol. The van der Waals surface area contributed by atoms with Crippen LogP contribution in [0.1, 0.15) is 11.7 Å². The molecule has 0 aromatic heterocycles. The summed E-state index contributed by atoms with van der Waals surface area (Å²) in [5.74, 6) is -3.69. The van der Waals surface area contributed by atoms with Crippen LogP contribution in [0.25, 0.3) is 0 Å². The second-order valence-electron chi connectivity index (χ2n) is 3.24. The molecule has 0 saturated heterocycles. The number of carboxylic acids is 2. The van der Waals surface area contributed by atoms with Gasteiger partial charge in [-0.05, 0) is 0 Å². The molecule has 0 amide bonds. The Morgan fingerprint density at radius 3 is 2.17 bits per heavy atom. The van der Waals surface area contributed by atoms with Gasteiger partial charge in [-0.25, -0.2) is 14.4 Å². The first-order valence-corrected chi connectivity index (χ1v) is 4.90. The standard InChI is InChI=1S/C12H10O6/c13-9(14)6-7-10(15)18-11(12(16)17)8-4-2-1-3-5-8/h1-7,11H,(H,13,14)(H,16,17)/b7-6-. The summed E-state index contributed by atoms with van der Waals surface area (Å²) in [6.45, 7) is 0. The number of carbonyl (C=O) groups excluding carboxylic acids is 1. The van der Waals surface area contributed by atoms with Gasteiger partial charge in [-0.2, -0.15) is 0 Å². The molecule has 0 heterocycles. The van der Waals surface area contributed by atoms with Gasteiger partial charge in [-0.15, -0.1) is 0 Å². The van der Waals surface area contributed by atoms with E-state index in [1.165, 1.54) is 12.1 Å². The number of rotatable bonds is 5.